The molecular formula is C27H22ClN3O2. The van der Waals surface area contributed by atoms with Crippen molar-refractivity contribution in [2.24, 2.45) is 0 Å². The molecule has 4 aromatic rings. The van der Waals surface area contributed by atoms with E-state index >= 15 is 0 Å². The molecule has 6 heteroatoms. The van der Waals surface area contributed by atoms with Crippen LogP contribution in [-0.4, -0.2) is 22.4 Å². The second-order valence-electron chi connectivity index (χ2n) is 8.57. The highest BCUT2D eigenvalue weighted by atomic mass is 35.5. The number of methoxy groups -OCH3 is 1. The number of para-hydroxylation sites is 2. The van der Waals surface area contributed by atoms with Crippen molar-refractivity contribution in [3.8, 4) is 5.75 Å². The Morgan fingerprint density at radius 2 is 1.82 bits per heavy atom. The lowest BCUT2D eigenvalue weighted by atomic mass is 9.77. The third-order valence-corrected chi connectivity index (χ3v) is 6.88. The molecule has 0 amide bonds. The summed E-state index contributed by atoms with van der Waals surface area (Å²) in [5.41, 5.74) is 5.75. The second kappa shape index (κ2) is 7.78. The number of anilines is 1. The van der Waals surface area contributed by atoms with Gasteiger partial charge >= 0.3 is 0 Å². The molecule has 0 radical (unpaired) electrons. The standard InChI is InChI=1S/C27H22ClN3O2/c1-33-20-11-9-16(10-12-20)18-14-22-25(24(32)15-18)26(17-5-4-6-19(28)13-17)31-23-8-3-2-7-21(23)29-27(31)30-22/h2-13,18,26H,14-15H2,1H3,(H,29,30)/t18-,26-/m1/s1. The van der Waals surface area contributed by atoms with Crippen molar-refractivity contribution in [2.75, 3.05) is 12.4 Å². The van der Waals surface area contributed by atoms with Gasteiger partial charge in [-0.1, -0.05) is 48.0 Å². The molecule has 0 bridgehead atoms. The van der Waals surface area contributed by atoms with Gasteiger partial charge in [0.15, 0.2) is 5.78 Å². The van der Waals surface area contributed by atoms with Gasteiger partial charge in [0.25, 0.3) is 0 Å². The van der Waals surface area contributed by atoms with E-state index in [1.165, 1.54) is 0 Å². The quantitative estimate of drug-likeness (QED) is 0.404. The number of rotatable bonds is 3. The zero-order chi connectivity index (χ0) is 22.5. The summed E-state index contributed by atoms with van der Waals surface area (Å²) in [5.74, 6) is 1.82. The molecule has 0 fully saturated rings. The average Bonchev–Trinajstić information content (AvgIpc) is 3.20. The van der Waals surface area contributed by atoms with Gasteiger partial charge in [-0.3, -0.25) is 9.36 Å². The number of nitrogens with zero attached hydrogens (tertiary/aromatic N) is 2. The van der Waals surface area contributed by atoms with Crippen LogP contribution in [0.15, 0.2) is 84.1 Å². The molecule has 0 saturated heterocycles. The first-order valence-electron chi connectivity index (χ1n) is 11.0. The lowest BCUT2D eigenvalue weighted by Crippen LogP contribution is -2.33. The summed E-state index contributed by atoms with van der Waals surface area (Å²) in [5, 5.41) is 4.16. The lowest BCUT2D eigenvalue weighted by molar-refractivity contribution is -0.116. The molecule has 1 aliphatic heterocycles. The Hall–Kier alpha value is -3.57. The summed E-state index contributed by atoms with van der Waals surface area (Å²) < 4.78 is 7.42. The molecule has 2 aliphatic rings. The van der Waals surface area contributed by atoms with Crippen LogP contribution in [0.5, 0.6) is 5.75 Å². The topological polar surface area (TPSA) is 56.1 Å². The maximum absolute atomic E-state index is 13.7. The molecular weight excluding hydrogens is 434 g/mol. The molecule has 1 aliphatic carbocycles. The Balaban J connectivity index is 1.49. The molecule has 2 heterocycles. The molecule has 0 unspecified atom stereocenters. The van der Waals surface area contributed by atoms with E-state index < -0.39 is 0 Å². The van der Waals surface area contributed by atoms with E-state index in [-0.39, 0.29) is 17.7 Å². The fraction of sp³-hybridized carbons (Fsp3) is 0.185. The lowest BCUT2D eigenvalue weighted by Gasteiger charge is -2.36. The van der Waals surface area contributed by atoms with Gasteiger partial charge < -0.3 is 10.1 Å². The summed E-state index contributed by atoms with van der Waals surface area (Å²) in [7, 11) is 1.66. The van der Waals surface area contributed by atoms with Crippen molar-refractivity contribution in [2.45, 2.75) is 24.8 Å². The van der Waals surface area contributed by atoms with Crippen molar-refractivity contribution in [3.05, 3.63) is 100 Å². The number of ketones is 1. The van der Waals surface area contributed by atoms with E-state index in [0.717, 1.165) is 51.5 Å². The van der Waals surface area contributed by atoms with Gasteiger partial charge in [-0.15, -0.1) is 0 Å². The third-order valence-electron chi connectivity index (χ3n) is 6.65. The summed E-state index contributed by atoms with van der Waals surface area (Å²) in [6.07, 6.45) is 1.21. The number of nitrogens with one attached hydrogen (secondary N) is 1. The maximum Gasteiger partial charge on any atom is 0.209 e. The van der Waals surface area contributed by atoms with Gasteiger partial charge in [-0.25, -0.2) is 4.98 Å². The zero-order valence-corrected chi connectivity index (χ0v) is 18.8. The molecule has 5 nitrogen and oxygen atoms in total. The van der Waals surface area contributed by atoms with Crippen LogP contribution in [-0.2, 0) is 4.79 Å². The largest absolute Gasteiger partial charge is 0.497 e. The molecule has 3 aromatic carbocycles. The summed E-state index contributed by atoms with van der Waals surface area (Å²) in [4.78, 5) is 18.5. The van der Waals surface area contributed by atoms with Gasteiger partial charge in [-0.2, -0.15) is 0 Å². The van der Waals surface area contributed by atoms with E-state index in [0.29, 0.717) is 11.4 Å². The number of benzene rings is 3. The van der Waals surface area contributed by atoms with Crippen molar-refractivity contribution in [1.82, 2.24) is 9.55 Å². The highest BCUT2D eigenvalue weighted by Gasteiger charge is 2.39. The van der Waals surface area contributed by atoms with Crippen molar-refractivity contribution < 1.29 is 9.53 Å². The number of aromatic nitrogens is 2. The summed E-state index contributed by atoms with van der Waals surface area (Å²) >= 11 is 6.37. The number of carbonyl (C=O) groups is 1. The molecule has 164 valence electrons. The minimum Gasteiger partial charge on any atom is -0.497 e. The number of halogens is 1. The third kappa shape index (κ3) is 3.31. The Kier molecular flexibility index (Phi) is 4.73. The highest BCUT2D eigenvalue weighted by molar-refractivity contribution is 6.30. The first-order chi connectivity index (χ1) is 16.1. The normalized spacial score (nSPS) is 19.8. The van der Waals surface area contributed by atoms with Crippen LogP contribution in [0.1, 0.15) is 35.9 Å². The molecule has 0 saturated carbocycles. The van der Waals surface area contributed by atoms with Crippen LogP contribution in [0.2, 0.25) is 5.02 Å². The number of hydrogen-bond acceptors (Lipinski definition) is 4. The number of hydrogen-bond donors (Lipinski definition) is 1. The Labute approximate surface area is 196 Å². The van der Waals surface area contributed by atoms with Crippen molar-refractivity contribution in [1.29, 1.82) is 0 Å². The van der Waals surface area contributed by atoms with E-state index in [2.05, 4.69) is 22.0 Å². The van der Waals surface area contributed by atoms with E-state index in [1.807, 2.05) is 60.7 Å². The Morgan fingerprint density at radius 3 is 2.61 bits per heavy atom. The van der Waals surface area contributed by atoms with Crippen molar-refractivity contribution in [3.63, 3.8) is 0 Å². The molecule has 1 aromatic heterocycles. The van der Waals surface area contributed by atoms with Crippen LogP contribution in [0, 0.1) is 0 Å². The maximum atomic E-state index is 13.7. The van der Waals surface area contributed by atoms with Gasteiger partial charge in [0.2, 0.25) is 5.95 Å². The molecule has 1 N–H and O–H groups in total. The van der Waals surface area contributed by atoms with Gasteiger partial charge in [-0.05, 0) is 59.9 Å². The number of carbonyl (C=O) groups excluding carboxylic acids is 1. The van der Waals surface area contributed by atoms with E-state index in [4.69, 9.17) is 21.3 Å². The monoisotopic (exact) mass is 455 g/mol. The summed E-state index contributed by atoms with van der Waals surface area (Å²) in [6.45, 7) is 0. The number of ether oxygens (including phenoxy) is 1. The van der Waals surface area contributed by atoms with E-state index in [1.54, 1.807) is 7.11 Å². The summed E-state index contributed by atoms with van der Waals surface area (Å²) in [6, 6.07) is 23.5. The highest BCUT2D eigenvalue weighted by Crippen LogP contribution is 2.46. The van der Waals surface area contributed by atoms with E-state index in [9.17, 15) is 4.79 Å². The van der Waals surface area contributed by atoms with Crippen LogP contribution >= 0.6 is 11.6 Å². The molecule has 0 spiro atoms. The predicted octanol–water partition coefficient (Wildman–Crippen LogP) is 6.11. The Bertz CT molecular complexity index is 1420. The minimum atomic E-state index is -0.272. The SMILES string of the molecule is COc1ccc([C@H]2CC(=O)C3=C(C2)Nc2nc4ccccc4n2[C@@H]3c2cccc(Cl)c2)cc1. The molecule has 6 rings (SSSR count). The van der Waals surface area contributed by atoms with Gasteiger partial charge in [0.1, 0.15) is 5.75 Å². The Morgan fingerprint density at radius 1 is 1.00 bits per heavy atom. The minimum absolute atomic E-state index is 0.102. The van der Waals surface area contributed by atoms with Gasteiger partial charge in [0.05, 0.1) is 24.2 Å². The fourth-order valence-electron chi connectivity index (χ4n) is 5.13. The number of Topliss-reactive ketones (excluding diaryl/α,β-unsaturated/α-hetero) is 1. The van der Waals surface area contributed by atoms with Crippen LogP contribution < -0.4 is 10.1 Å². The number of imidazole rings is 1. The van der Waals surface area contributed by atoms with Crippen LogP contribution in [0.3, 0.4) is 0 Å². The second-order valence-corrected chi connectivity index (χ2v) is 9.01. The van der Waals surface area contributed by atoms with Crippen LogP contribution in [0.25, 0.3) is 11.0 Å². The first-order valence-corrected chi connectivity index (χ1v) is 11.4. The number of fused-ring (bicyclic) bond motifs is 3. The smallest absolute Gasteiger partial charge is 0.209 e. The average molecular weight is 456 g/mol. The van der Waals surface area contributed by atoms with Crippen molar-refractivity contribution >= 4 is 34.4 Å². The van der Waals surface area contributed by atoms with Gasteiger partial charge in [0, 0.05) is 22.7 Å². The first kappa shape index (κ1) is 20.1. The van der Waals surface area contributed by atoms with Crippen LogP contribution in [0.4, 0.5) is 5.95 Å². The fourth-order valence-corrected chi connectivity index (χ4v) is 5.33. The number of allylic oxidation sites excluding steroid dienone is 2. The zero-order valence-electron chi connectivity index (χ0n) is 18.1. The predicted molar refractivity (Wildman–Crippen MR) is 130 cm³/mol. The molecule has 2 atom stereocenters. The molecule has 33 heavy (non-hydrogen) atoms.